The van der Waals surface area contributed by atoms with Gasteiger partial charge in [0.2, 0.25) is 0 Å². The van der Waals surface area contributed by atoms with Crippen molar-refractivity contribution in [1.82, 2.24) is 9.80 Å². The lowest BCUT2D eigenvalue weighted by Gasteiger charge is -2.24. The molecule has 2 aromatic rings. The molecule has 0 spiro atoms. The summed E-state index contributed by atoms with van der Waals surface area (Å²) < 4.78 is 5.62. The fraction of sp³-hybridized carbons (Fsp3) is 0.364. The molecule has 2 aromatic carbocycles. The van der Waals surface area contributed by atoms with Crippen LogP contribution in [0.2, 0.25) is 0 Å². The van der Waals surface area contributed by atoms with Gasteiger partial charge in [0.1, 0.15) is 6.61 Å². The van der Waals surface area contributed by atoms with Crippen molar-refractivity contribution in [3.05, 3.63) is 59.7 Å². The number of aliphatic carboxylic acids is 1. The summed E-state index contributed by atoms with van der Waals surface area (Å²) in [6.07, 6.45) is -1.29. The second-order valence-corrected chi connectivity index (χ2v) is 7.65. The van der Waals surface area contributed by atoms with Crippen LogP contribution in [0.1, 0.15) is 17.0 Å². The third kappa shape index (κ3) is 3.71. The molecule has 0 aromatic heterocycles. The standard InChI is InChI=1S/C22H24N2O5/c1-23(12-21(26)27)19-10-24(11-20(19)25)22(28)29-13-18-16-8-4-2-6-14(16)15-7-3-5-9-17(15)18/h2-9,18-20,25H,10-13H2,1H3,(H,26,27)/t19-,20-/m1/s1. The first kappa shape index (κ1) is 19.4. The van der Waals surface area contributed by atoms with E-state index in [4.69, 9.17) is 9.84 Å². The van der Waals surface area contributed by atoms with Crippen molar-refractivity contribution in [1.29, 1.82) is 0 Å². The average Bonchev–Trinajstić information content (AvgIpc) is 3.24. The molecule has 2 atom stereocenters. The van der Waals surface area contributed by atoms with Gasteiger partial charge in [-0.3, -0.25) is 9.69 Å². The summed E-state index contributed by atoms with van der Waals surface area (Å²) in [7, 11) is 1.63. The predicted molar refractivity (Wildman–Crippen MR) is 107 cm³/mol. The summed E-state index contributed by atoms with van der Waals surface area (Å²) in [5.74, 6) is -0.997. The summed E-state index contributed by atoms with van der Waals surface area (Å²) >= 11 is 0. The summed E-state index contributed by atoms with van der Waals surface area (Å²) in [6, 6.07) is 15.8. The van der Waals surface area contributed by atoms with Crippen LogP contribution in [0.4, 0.5) is 4.79 Å². The predicted octanol–water partition coefficient (Wildman–Crippen LogP) is 2.00. The summed E-state index contributed by atoms with van der Waals surface area (Å²) in [4.78, 5) is 26.5. The van der Waals surface area contributed by atoms with Crippen molar-refractivity contribution < 1.29 is 24.5 Å². The van der Waals surface area contributed by atoms with Gasteiger partial charge in [-0.05, 0) is 29.3 Å². The Morgan fingerprint density at radius 3 is 2.24 bits per heavy atom. The number of β-amino-alcohol motifs (C(OH)–C–C–N with tert-alkyl or cyclic N) is 1. The molecule has 2 N–H and O–H groups in total. The number of rotatable bonds is 5. The van der Waals surface area contributed by atoms with Crippen molar-refractivity contribution in [2.75, 3.05) is 33.3 Å². The zero-order valence-electron chi connectivity index (χ0n) is 16.2. The molecular formula is C22H24N2O5. The minimum atomic E-state index is -0.973. The molecule has 1 amide bonds. The number of carbonyl (C=O) groups excluding carboxylic acids is 1. The van der Waals surface area contributed by atoms with E-state index in [-0.39, 0.29) is 32.2 Å². The normalized spacial score (nSPS) is 20.6. The first-order valence-corrected chi connectivity index (χ1v) is 9.65. The first-order chi connectivity index (χ1) is 14.0. The third-order valence-electron chi connectivity index (χ3n) is 5.80. The number of hydrogen-bond acceptors (Lipinski definition) is 5. The zero-order chi connectivity index (χ0) is 20.5. The van der Waals surface area contributed by atoms with E-state index in [0.29, 0.717) is 0 Å². The molecule has 1 aliphatic carbocycles. The number of likely N-dealkylation sites (tertiary alicyclic amines) is 1. The summed E-state index contributed by atoms with van der Waals surface area (Å²) in [6.45, 7) is 0.391. The van der Waals surface area contributed by atoms with Crippen LogP contribution in [0.25, 0.3) is 11.1 Å². The van der Waals surface area contributed by atoms with E-state index in [9.17, 15) is 14.7 Å². The van der Waals surface area contributed by atoms with Gasteiger partial charge in [0, 0.05) is 12.5 Å². The number of aliphatic hydroxyl groups excluding tert-OH is 1. The van der Waals surface area contributed by atoms with Crippen molar-refractivity contribution in [2.24, 2.45) is 0 Å². The Labute approximate surface area is 169 Å². The quantitative estimate of drug-likeness (QED) is 0.804. The van der Waals surface area contributed by atoms with Gasteiger partial charge in [-0.1, -0.05) is 48.5 Å². The Bertz CT molecular complexity index is 885. The lowest BCUT2D eigenvalue weighted by molar-refractivity contribution is -0.138. The smallest absolute Gasteiger partial charge is 0.409 e. The number of nitrogens with zero attached hydrogens (tertiary/aromatic N) is 2. The number of likely N-dealkylation sites (N-methyl/N-ethyl adjacent to an activating group) is 1. The van der Waals surface area contributed by atoms with Gasteiger partial charge in [0.25, 0.3) is 0 Å². The minimum absolute atomic E-state index is 0.0237. The fourth-order valence-corrected chi connectivity index (χ4v) is 4.37. The molecule has 1 saturated heterocycles. The molecule has 0 saturated carbocycles. The van der Waals surface area contributed by atoms with Crippen LogP contribution in [-0.2, 0) is 9.53 Å². The number of ether oxygens (including phenoxy) is 1. The topological polar surface area (TPSA) is 90.3 Å². The molecule has 7 nitrogen and oxygen atoms in total. The lowest BCUT2D eigenvalue weighted by Crippen LogP contribution is -2.43. The average molecular weight is 396 g/mol. The molecule has 0 unspecified atom stereocenters. The maximum absolute atomic E-state index is 12.6. The van der Waals surface area contributed by atoms with Gasteiger partial charge < -0.3 is 19.8 Å². The summed E-state index contributed by atoms with van der Waals surface area (Å²) in [5.41, 5.74) is 4.61. The van der Waals surface area contributed by atoms with Gasteiger partial charge in [0.05, 0.1) is 25.2 Å². The highest BCUT2D eigenvalue weighted by Crippen LogP contribution is 2.44. The highest BCUT2D eigenvalue weighted by molar-refractivity contribution is 5.79. The maximum atomic E-state index is 12.6. The molecular weight excluding hydrogens is 372 g/mol. The number of carbonyl (C=O) groups is 2. The van der Waals surface area contributed by atoms with Crippen LogP contribution in [0.15, 0.2) is 48.5 Å². The van der Waals surface area contributed by atoms with Crippen molar-refractivity contribution in [3.8, 4) is 11.1 Å². The van der Waals surface area contributed by atoms with Gasteiger partial charge in [-0.15, -0.1) is 0 Å². The number of hydrogen-bond donors (Lipinski definition) is 2. The minimum Gasteiger partial charge on any atom is -0.480 e. The number of aliphatic hydroxyl groups is 1. The molecule has 0 radical (unpaired) electrons. The highest BCUT2D eigenvalue weighted by Gasteiger charge is 2.38. The Hall–Kier alpha value is -2.90. The Kier molecular flexibility index (Phi) is 5.25. The van der Waals surface area contributed by atoms with Crippen molar-refractivity contribution >= 4 is 12.1 Å². The van der Waals surface area contributed by atoms with Gasteiger partial charge in [-0.25, -0.2) is 4.79 Å². The van der Waals surface area contributed by atoms with E-state index < -0.39 is 24.2 Å². The molecule has 2 aliphatic rings. The van der Waals surface area contributed by atoms with Crippen LogP contribution < -0.4 is 0 Å². The first-order valence-electron chi connectivity index (χ1n) is 9.65. The van der Waals surface area contributed by atoms with E-state index in [1.54, 1.807) is 11.9 Å². The molecule has 1 fully saturated rings. The van der Waals surface area contributed by atoms with Crippen LogP contribution in [-0.4, -0.2) is 77.5 Å². The maximum Gasteiger partial charge on any atom is 0.409 e. The van der Waals surface area contributed by atoms with Crippen LogP contribution >= 0.6 is 0 Å². The van der Waals surface area contributed by atoms with E-state index in [2.05, 4.69) is 24.3 Å². The van der Waals surface area contributed by atoms with Gasteiger partial charge in [0.15, 0.2) is 0 Å². The number of amides is 1. The fourth-order valence-electron chi connectivity index (χ4n) is 4.37. The molecule has 152 valence electrons. The van der Waals surface area contributed by atoms with E-state index in [0.717, 1.165) is 22.3 Å². The molecule has 1 aliphatic heterocycles. The van der Waals surface area contributed by atoms with E-state index >= 15 is 0 Å². The number of carboxylic acids is 1. The second kappa shape index (κ2) is 7.85. The molecule has 7 heteroatoms. The summed E-state index contributed by atoms with van der Waals surface area (Å²) in [5, 5.41) is 19.2. The number of carboxylic acid groups (broad SMARTS) is 1. The third-order valence-corrected chi connectivity index (χ3v) is 5.80. The monoisotopic (exact) mass is 396 g/mol. The Morgan fingerprint density at radius 2 is 1.66 bits per heavy atom. The van der Waals surface area contributed by atoms with Crippen molar-refractivity contribution in [2.45, 2.75) is 18.1 Å². The molecule has 1 heterocycles. The number of fused-ring (bicyclic) bond motifs is 3. The highest BCUT2D eigenvalue weighted by atomic mass is 16.6. The zero-order valence-corrected chi connectivity index (χ0v) is 16.2. The number of benzene rings is 2. The Balaban J connectivity index is 1.42. The second-order valence-electron chi connectivity index (χ2n) is 7.65. The van der Waals surface area contributed by atoms with Gasteiger partial charge >= 0.3 is 12.1 Å². The molecule has 0 bridgehead atoms. The van der Waals surface area contributed by atoms with Crippen molar-refractivity contribution in [3.63, 3.8) is 0 Å². The van der Waals surface area contributed by atoms with Crippen LogP contribution in [0, 0.1) is 0 Å². The lowest BCUT2D eigenvalue weighted by atomic mass is 9.98. The van der Waals surface area contributed by atoms with E-state index in [1.807, 2.05) is 24.3 Å². The molecule has 4 rings (SSSR count). The van der Waals surface area contributed by atoms with Crippen LogP contribution in [0.3, 0.4) is 0 Å². The van der Waals surface area contributed by atoms with Gasteiger partial charge in [-0.2, -0.15) is 0 Å². The van der Waals surface area contributed by atoms with Crippen LogP contribution in [0.5, 0.6) is 0 Å². The Morgan fingerprint density at radius 1 is 1.07 bits per heavy atom. The SMILES string of the molecule is CN(CC(=O)O)[C@@H]1CN(C(=O)OCC2c3ccccc3-c3ccccc32)C[C@H]1O. The van der Waals surface area contributed by atoms with E-state index in [1.165, 1.54) is 4.90 Å². The molecule has 29 heavy (non-hydrogen) atoms. The largest absolute Gasteiger partial charge is 0.480 e.